The van der Waals surface area contributed by atoms with Crippen LogP contribution in [0.15, 0.2) is 23.3 Å². The molecule has 4 rings (SSSR count). The Balaban J connectivity index is 1.51. The van der Waals surface area contributed by atoms with Crippen LogP contribution in [0, 0.1) is 34.5 Å². The van der Waals surface area contributed by atoms with Gasteiger partial charge in [0.25, 0.3) is 0 Å². The summed E-state index contributed by atoms with van der Waals surface area (Å²) in [5, 5.41) is 0. The Labute approximate surface area is 188 Å². The lowest BCUT2D eigenvalue weighted by Gasteiger charge is -2.58. The maximum absolute atomic E-state index is 13.6. The molecule has 174 valence electrons. The molecule has 0 N–H and O–H groups in total. The molecule has 0 aromatic carbocycles. The van der Waals surface area contributed by atoms with Crippen LogP contribution in [0.4, 0.5) is 0 Å². The van der Waals surface area contributed by atoms with Crippen molar-refractivity contribution in [3.05, 3.63) is 23.3 Å². The van der Waals surface area contributed by atoms with Crippen molar-refractivity contribution in [2.45, 2.75) is 92.5 Å². The van der Waals surface area contributed by atoms with Gasteiger partial charge in [0.05, 0.1) is 18.6 Å². The van der Waals surface area contributed by atoms with Crippen molar-refractivity contribution in [1.29, 1.82) is 0 Å². The maximum atomic E-state index is 13.6. The summed E-state index contributed by atoms with van der Waals surface area (Å²) in [6.07, 6.45) is 11.0. The topological polar surface area (TPSA) is 44.8 Å². The van der Waals surface area contributed by atoms with Gasteiger partial charge in [-0.2, -0.15) is 0 Å². The van der Waals surface area contributed by atoms with Crippen molar-refractivity contribution >= 4 is 5.97 Å². The maximum Gasteiger partial charge on any atom is 0.312 e. The van der Waals surface area contributed by atoms with Gasteiger partial charge in [-0.15, -0.1) is 0 Å². The van der Waals surface area contributed by atoms with Crippen LogP contribution in [0.5, 0.6) is 0 Å². The fourth-order valence-electron chi connectivity index (χ4n) is 6.59. The Bertz CT molecular complexity index is 742. The molecule has 4 atom stereocenters. The van der Waals surface area contributed by atoms with Crippen LogP contribution in [0.3, 0.4) is 0 Å². The predicted molar refractivity (Wildman–Crippen MR) is 122 cm³/mol. The summed E-state index contributed by atoms with van der Waals surface area (Å²) in [5.41, 5.74) is 2.59. The minimum absolute atomic E-state index is 0.0500. The van der Waals surface area contributed by atoms with Crippen LogP contribution >= 0.6 is 0 Å². The number of carbonyl (C=O) groups excluding carboxylic acids is 1. The molecule has 2 fully saturated rings. The number of fused-ring (bicyclic) bond motifs is 3. The molecular weight excluding hydrogens is 388 g/mol. The van der Waals surface area contributed by atoms with Crippen LogP contribution in [0.2, 0.25) is 0 Å². The summed E-state index contributed by atoms with van der Waals surface area (Å²) >= 11 is 0. The summed E-state index contributed by atoms with van der Waals surface area (Å²) in [5.74, 6) is 2.01. The third kappa shape index (κ3) is 4.04. The highest BCUT2D eigenvalue weighted by Gasteiger charge is 2.59. The average molecular weight is 431 g/mol. The molecule has 0 amide bonds. The lowest BCUT2D eigenvalue weighted by molar-refractivity contribution is -0.245. The number of allylic oxidation sites excluding steroid dienone is 4. The molecule has 1 saturated heterocycles. The van der Waals surface area contributed by atoms with Crippen molar-refractivity contribution in [2.75, 3.05) is 13.2 Å². The van der Waals surface area contributed by atoms with E-state index in [4.69, 9.17) is 14.2 Å². The van der Waals surface area contributed by atoms with Gasteiger partial charge in [0.15, 0.2) is 6.29 Å². The number of carbonyl (C=O) groups is 1. The van der Waals surface area contributed by atoms with Crippen LogP contribution in [-0.4, -0.2) is 31.6 Å². The normalized spacial score (nSPS) is 40.6. The van der Waals surface area contributed by atoms with E-state index in [9.17, 15) is 4.79 Å². The van der Waals surface area contributed by atoms with Gasteiger partial charge in [-0.1, -0.05) is 58.8 Å². The third-order valence-corrected chi connectivity index (χ3v) is 8.95. The largest absolute Gasteiger partial charge is 0.457 e. The van der Waals surface area contributed by atoms with E-state index < -0.39 is 5.41 Å². The molecule has 0 unspecified atom stereocenters. The fourth-order valence-corrected chi connectivity index (χ4v) is 6.59. The first kappa shape index (κ1) is 23.0. The summed E-state index contributed by atoms with van der Waals surface area (Å²) in [7, 11) is 0. The zero-order valence-electron chi connectivity index (χ0n) is 20.4. The Morgan fingerprint density at radius 1 is 1.13 bits per heavy atom. The first-order valence-electron chi connectivity index (χ1n) is 12.5. The number of rotatable bonds is 4. The second-order valence-corrected chi connectivity index (χ2v) is 11.5. The van der Waals surface area contributed by atoms with E-state index in [-0.39, 0.29) is 23.8 Å². The predicted octanol–water partition coefficient (Wildman–Crippen LogP) is 6.06. The van der Waals surface area contributed by atoms with Gasteiger partial charge >= 0.3 is 5.97 Å². The molecule has 1 aliphatic heterocycles. The summed E-state index contributed by atoms with van der Waals surface area (Å²) in [4.78, 5) is 13.6. The van der Waals surface area contributed by atoms with Gasteiger partial charge in [-0.3, -0.25) is 4.79 Å². The quantitative estimate of drug-likeness (QED) is 0.508. The lowest BCUT2D eigenvalue weighted by Crippen LogP contribution is -2.56. The summed E-state index contributed by atoms with van der Waals surface area (Å²) in [6, 6.07) is 0. The Morgan fingerprint density at radius 2 is 1.84 bits per heavy atom. The second kappa shape index (κ2) is 8.67. The Hall–Kier alpha value is -1.13. The Morgan fingerprint density at radius 3 is 2.48 bits per heavy atom. The molecule has 4 nitrogen and oxygen atoms in total. The van der Waals surface area contributed by atoms with Crippen molar-refractivity contribution in [3.8, 4) is 0 Å². The minimum atomic E-state index is -0.463. The smallest absolute Gasteiger partial charge is 0.312 e. The molecule has 1 heterocycles. The van der Waals surface area contributed by atoms with Crippen molar-refractivity contribution in [3.63, 3.8) is 0 Å². The Kier molecular flexibility index (Phi) is 6.44. The third-order valence-electron chi connectivity index (χ3n) is 8.95. The second-order valence-electron chi connectivity index (χ2n) is 11.5. The monoisotopic (exact) mass is 430 g/mol. The number of ether oxygens (including phenoxy) is 3. The van der Waals surface area contributed by atoms with Gasteiger partial charge in [-0.05, 0) is 67.8 Å². The van der Waals surface area contributed by atoms with Crippen molar-refractivity contribution in [2.24, 2.45) is 34.5 Å². The molecule has 0 aromatic rings. The fraction of sp³-hybridized carbons (Fsp3) is 0.815. The van der Waals surface area contributed by atoms with Crippen molar-refractivity contribution < 1.29 is 19.0 Å². The van der Waals surface area contributed by atoms with Crippen LogP contribution in [0.25, 0.3) is 0 Å². The number of hydrogen-bond acceptors (Lipinski definition) is 4. The van der Waals surface area contributed by atoms with Gasteiger partial charge in [0, 0.05) is 5.92 Å². The van der Waals surface area contributed by atoms with Gasteiger partial charge < -0.3 is 14.2 Å². The van der Waals surface area contributed by atoms with E-state index in [0.29, 0.717) is 36.9 Å². The molecular formula is C27H42O4. The first-order chi connectivity index (χ1) is 14.7. The highest BCUT2D eigenvalue weighted by Crippen LogP contribution is 2.63. The van der Waals surface area contributed by atoms with E-state index in [1.807, 2.05) is 0 Å². The average Bonchev–Trinajstić information content (AvgIpc) is 2.74. The summed E-state index contributed by atoms with van der Waals surface area (Å²) in [6.45, 7) is 14.1. The SMILES string of the molecule is CC(C)C1=CC2=CC[C@@]3(C)[C@@H](CCC[C@@]3(C)C(=O)OC3COC(C(C)C)OC3)[C@H]2CC1. The number of hydrogen-bond donors (Lipinski definition) is 0. The molecule has 31 heavy (non-hydrogen) atoms. The molecule has 4 aliphatic rings. The first-order valence-corrected chi connectivity index (χ1v) is 12.5. The van der Waals surface area contributed by atoms with E-state index in [2.05, 4.69) is 53.7 Å². The molecule has 4 heteroatoms. The van der Waals surface area contributed by atoms with Gasteiger partial charge in [-0.25, -0.2) is 0 Å². The van der Waals surface area contributed by atoms with E-state index in [1.54, 1.807) is 5.57 Å². The molecule has 3 aliphatic carbocycles. The van der Waals surface area contributed by atoms with Crippen molar-refractivity contribution in [1.82, 2.24) is 0 Å². The zero-order valence-corrected chi connectivity index (χ0v) is 20.4. The molecule has 0 radical (unpaired) electrons. The van der Waals surface area contributed by atoms with E-state index in [1.165, 1.54) is 24.8 Å². The highest BCUT2D eigenvalue weighted by molar-refractivity contribution is 5.78. The molecule has 0 spiro atoms. The molecule has 0 aromatic heterocycles. The summed E-state index contributed by atoms with van der Waals surface area (Å²) < 4.78 is 17.6. The van der Waals surface area contributed by atoms with Crippen LogP contribution < -0.4 is 0 Å². The molecule has 1 saturated carbocycles. The van der Waals surface area contributed by atoms with E-state index in [0.717, 1.165) is 19.3 Å². The van der Waals surface area contributed by atoms with Gasteiger partial charge in [0.2, 0.25) is 0 Å². The molecule has 0 bridgehead atoms. The standard InChI is InChI=1S/C27H42O4/c1-17(2)19-9-10-22-20(14-19)11-13-26(5)23(22)8-7-12-27(26,6)25(28)31-21-15-29-24(18(3)4)30-16-21/h11,14,17-18,21-24H,7-10,12-13,15-16H2,1-6H3/t21?,22-,23-,24?,26-,27-/m0/s1. The minimum Gasteiger partial charge on any atom is -0.457 e. The van der Waals surface area contributed by atoms with E-state index >= 15 is 0 Å². The number of esters is 1. The van der Waals surface area contributed by atoms with Crippen LogP contribution in [0.1, 0.15) is 80.1 Å². The van der Waals surface area contributed by atoms with Crippen LogP contribution in [-0.2, 0) is 19.0 Å². The zero-order chi connectivity index (χ0) is 22.4. The van der Waals surface area contributed by atoms with Gasteiger partial charge in [0.1, 0.15) is 6.10 Å². The highest BCUT2D eigenvalue weighted by atomic mass is 16.7. The lowest BCUT2D eigenvalue weighted by atomic mass is 9.46.